The lowest BCUT2D eigenvalue weighted by Crippen LogP contribution is -2.28. The number of halogens is 2. The highest BCUT2D eigenvalue weighted by Gasteiger charge is 2.14. The van der Waals surface area contributed by atoms with Crippen molar-refractivity contribution in [3.63, 3.8) is 0 Å². The maximum atomic E-state index is 4.37. The number of hydrogen-bond donors (Lipinski definition) is 2. The second kappa shape index (κ2) is 15.6. The maximum absolute atomic E-state index is 4.37. The van der Waals surface area contributed by atoms with Crippen LogP contribution in [0.25, 0.3) is 0 Å². The van der Waals surface area contributed by atoms with Gasteiger partial charge in [-0.2, -0.15) is 0 Å². The van der Waals surface area contributed by atoms with Gasteiger partial charge in [-0.15, -0.1) is 35.0 Å². The lowest BCUT2D eigenvalue weighted by Gasteiger charge is -2.14. The van der Waals surface area contributed by atoms with Gasteiger partial charge < -0.3 is 10.6 Å². The molecule has 3 heterocycles. The zero-order valence-corrected chi connectivity index (χ0v) is 20.1. The van der Waals surface area contributed by atoms with Crippen LogP contribution in [0.2, 0.25) is 0 Å². The summed E-state index contributed by atoms with van der Waals surface area (Å²) in [4.78, 5) is 0. The molecule has 27 heavy (non-hydrogen) atoms. The zero-order chi connectivity index (χ0) is 17.2. The summed E-state index contributed by atoms with van der Waals surface area (Å²) in [5.74, 6) is 2.31. The molecule has 2 unspecified atom stereocenters. The van der Waals surface area contributed by atoms with E-state index in [-0.39, 0.29) is 24.8 Å². The predicted octanol–water partition coefficient (Wildman–Crippen LogP) is 5.41. The zero-order valence-electron chi connectivity index (χ0n) is 16.0. The molecule has 4 nitrogen and oxygen atoms in total. The Labute approximate surface area is 189 Å². The minimum absolute atomic E-state index is 0. The Morgan fingerprint density at radius 2 is 1.22 bits per heavy atom. The van der Waals surface area contributed by atoms with Gasteiger partial charge in [-0.05, 0) is 51.6 Å². The summed E-state index contributed by atoms with van der Waals surface area (Å²) < 4.78 is 2.28. The Kier molecular flexibility index (Phi) is 14.9. The molecule has 0 saturated carbocycles. The monoisotopic (exact) mass is 472 g/mol. The number of aromatic nitrogens is 2. The minimum Gasteiger partial charge on any atom is -0.314 e. The van der Waals surface area contributed by atoms with Gasteiger partial charge in [-0.3, -0.25) is 0 Å². The SMILES string of the molecule is C1CCNC(CCSc2nnc(SCCC3CCCCCN3)s2)CC1.Cl.Cl. The number of nitrogens with zero attached hydrogens (tertiary/aromatic N) is 2. The molecule has 2 aliphatic heterocycles. The van der Waals surface area contributed by atoms with Crippen LogP contribution in [0.15, 0.2) is 8.68 Å². The highest BCUT2D eigenvalue weighted by molar-refractivity contribution is 8.03. The maximum Gasteiger partial charge on any atom is 0.175 e. The Morgan fingerprint density at radius 1 is 0.741 bits per heavy atom. The van der Waals surface area contributed by atoms with Crippen molar-refractivity contribution in [2.24, 2.45) is 0 Å². The molecule has 1 aromatic heterocycles. The van der Waals surface area contributed by atoms with Crippen molar-refractivity contribution in [1.29, 1.82) is 0 Å². The van der Waals surface area contributed by atoms with E-state index < -0.39 is 0 Å². The second-order valence-electron chi connectivity index (χ2n) is 7.11. The highest BCUT2D eigenvalue weighted by Crippen LogP contribution is 2.30. The fourth-order valence-electron chi connectivity index (χ4n) is 3.59. The molecule has 0 aromatic carbocycles. The van der Waals surface area contributed by atoms with Crippen LogP contribution in [0.3, 0.4) is 0 Å². The van der Waals surface area contributed by atoms with E-state index in [0.717, 1.165) is 20.2 Å². The van der Waals surface area contributed by atoms with Crippen LogP contribution in [-0.2, 0) is 0 Å². The van der Waals surface area contributed by atoms with E-state index in [9.17, 15) is 0 Å². The first-order valence-electron chi connectivity index (χ1n) is 9.96. The van der Waals surface area contributed by atoms with Crippen molar-refractivity contribution < 1.29 is 0 Å². The van der Waals surface area contributed by atoms with E-state index in [2.05, 4.69) is 20.8 Å². The molecule has 0 amide bonds. The third kappa shape index (κ3) is 10.4. The third-order valence-electron chi connectivity index (χ3n) is 5.10. The first-order valence-corrected chi connectivity index (χ1v) is 12.7. The topological polar surface area (TPSA) is 49.8 Å². The second-order valence-corrected chi connectivity index (χ2v) is 10.8. The first kappa shape index (κ1) is 25.8. The number of rotatable bonds is 8. The summed E-state index contributed by atoms with van der Waals surface area (Å²) in [6.45, 7) is 2.40. The molecule has 2 aliphatic rings. The Hall–Kier alpha value is 0.760. The largest absolute Gasteiger partial charge is 0.314 e. The third-order valence-corrected chi connectivity index (χ3v) is 8.35. The van der Waals surface area contributed by atoms with Gasteiger partial charge >= 0.3 is 0 Å². The van der Waals surface area contributed by atoms with Gasteiger partial charge in [0.05, 0.1) is 0 Å². The van der Waals surface area contributed by atoms with Crippen molar-refractivity contribution in [2.45, 2.75) is 85.0 Å². The number of nitrogens with one attached hydrogen (secondary N) is 2. The van der Waals surface area contributed by atoms with Gasteiger partial charge in [-0.1, -0.05) is 60.5 Å². The normalized spacial score (nSPS) is 23.6. The molecule has 2 saturated heterocycles. The van der Waals surface area contributed by atoms with Gasteiger partial charge in [0.15, 0.2) is 8.68 Å². The molecule has 2 atom stereocenters. The fraction of sp³-hybridized carbons (Fsp3) is 0.889. The molecular weight excluding hydrogens is 439 g/mol. The molecule has 1 aromatic rings. The van der Waals surface area contributed by atoms with Gasteiger partial charge in [-0.25, -0.2) is 0 Å². The molecule has 2 fully saturated rings. The summed E-state index contributed by atoms with van der Waals surface area (Å²) in [5.41, 5.74) is 0. The molecule has 0 radical (unpaired) electrons. The van der Waals surface area contributed by atoms with Crippen LogP contribution >= 0.6 is 59.7 Å². The average Bonchev–Trinajstić information content (AvgIpc) is 2.83. The molecule has 158 valence electrons. The van der Waals surface area contributed by atoms with E-state index >= 15 is 0 Å². The van der Waals surface area contributed by atoms with Crippen LogP contribution in [0.4, 0.5) is 0 Å². The Morgan fingerprint density at radius 3 is 1.70 bits per heavy atom. The van der Waals surface area contributed by atoms with Gasteiger partial charge in [0.2, 0.25) is 0 Å². The summed E-state index contributed by atoms with van der Waals surface area (Å²) >= 11 is 5.55. The summed E-state index contributed by atoms with van der Waals surface area (Å²) in [5, 5.41) is 16.1. The van der Waals surface area contributed by atoms with E-state index in [1.807, 2.05) is 23.5 Å². The average molecular weight is 474 g/mol. The van der Waals surface area contributed by atoms with Crippen LogP contribution in [0, 0.1) is 0 Å². The summed E-state index contributed by atoms with van der Waals surface area (Å²) in [6, 6.07) is 1.42. The van der Waals surface area contributed by atoms with Crippen molar-refractivity contribution in [2.75, 3.05) is 24.6 Å². The van der Waals surface area contributed by atoms with E-state index in [4.69, 9.17) is 0 Å². The van der Waals surface area contributed by atoms with E-state index in [1.165, 1.54) is 77.3 Å². The highest BCUT2D eigenvalue weighted by atomic mass is 35.5. The van der Waals surface area contributed by atoms with Gasteiger partial charge in [0.25, 0.3) is 0 Å². The molecule has 0 bridgehead atoms. The summed E-state index contributed by atoms with van der Waals surface area (Å²) in [7, 11) is 0. The first-order chi connectivity index (χ1) is 12.4. The Bertz CT molecular complexity index is 436. The van der Waals surface area contributed by atoms with Crippen molar-refractivity contribution in [3.05, 3.63) is 0 Å². The van der Waals surface area contributed by atoms with E-state index in [0.29, 0.717) is 12.1 Å². The molecule has 9 heteroatoms. The molecular formula is C18H34Cl2N4S3. The lowest BCUT2D eigenvalue weighted by molar-refractivity contribution is 0.500. The molecule has 2 N–H and O–H groups in total. The van der Waals surface area contributed by atoms with Crippen LogP contribution < -0.4 is 10.6 Å². The predicted molar refractivity (Wildman–Crippen MR) is 126 cm³/mol. The van der Waals surface area contributed by atoms with Crippen LogP contribution in [-0.4, -0.2) is 46.9 Å². The fourth-order valence-corrected chi connectivity index (χ4v) is 6.85. The summed E-state index contributed by atoms with van der Waals surface area (Å²) in [6.07, 6.45) is 13.4. The van der Waals surface area contributed by atoms with Gasteiger partial charge in [0.1, 0.15) is 0 Å². The smallest absolute Gasteiger partial charge is 0.175 e. The Balaban J connectivity index is 0.00000182. The number of thioether (sulfide) groups is 2. The lowest BCUT2D eigenvalue weighted by atomic mass is 10.1. The van der Waals surface area contributed by atoms with Crippen molar-refractivity contribution in [1.82, 2.24) is 20.8 Å². The van der Waals surface area contributed by atoms with Crippen LogP contribution in [0.1, 0.15) is 64.2 Å². The number of hydrogen-bond acceptors (Lipinski definition) is 7. The standard InChI is InChI=1S/C18H32N4S3.2ClH/c1-3-7-15(19-11-5-1)9-13-23-17-21-22-18(25-17)24-14-10-16-8-4-2-6-12-20-16;;/h15-16,19-20H,1-14H2;2*1H. The minimum atomic E-state index is 0. The van der Waals surface area contributed by atoms with E-state index in [1.54, 1.807) is 11.3 Å². The van der Waals surface area contributed by atoms with Crippen molar-refractivity contribution >= 4 is 59.7 Å². The van der Waals surface area contributed by atoms with Crippen molar-refractivity contribution in [3.8, 4) is 0 Å². The quantitative estimate of drug-likeness (QED) is 0.493. The van der Waals surface area contributed by atoms with Gasteiger partial charge in [0, 0.05) is 23.6 Å². The molecule has 0 aliphatic carbocycles. The molecule has 3 rings (SSSR count). The molecule has 0 spiro atoms. The van der Waals surface area contributed by atoms with Crippen LogP contribution in [0.5, 0.6) is 0 Å².